The molecule has 1 aromatic rings. The van der Waals surface area contributed by atoms with Crippen LogP contribution in [0.1, 0.15) is 6.92 Å². The predicted molar refractivity (Wildman–Crippen MR) is 65.1 cm³/mol. The number of nitrogens with one attached hydrogen (secondary N) is 1. The van der Waals surface area contributed by atoms with Crippen LogP contribution < -0.4 is 9.46 Å². The first-order valence-corrected chi connectivity index (χ1v) is 7.08. The fourth-order valence-electron chi connectivity index (χ4n) is 1.28. The Bertz CT molecular complexity index is 615. The summed E-state index contributed by atoms with van der Waals surface area (Å²) in [6.07, 6.45) is -5.04. The highest BCUT2D eigenvalue weighted by Gasteiger charge is 2.34. The molecular weight excluding hydrogens is 315 g/mol. The summed E-state index contributed by atoms with van der Waals surface area (Å²) in [5, 5.41) is 8.65. The van der Waals surface area contributed by atoms with E-state index in [1.54, 1.807) is 0 Å². The van der Waals surface area contributed by atoms with E-state index in [9.17, 15) is 26.4 Å². The Hall–Kier alpha value is -1.81. The molecule has 118 valence electrons. The zero-order chi connectivity index (χ0) is 16.3. The first-order valence-electron chi connectivity index (χ1n) is 5.60. The van der Waals surface area contributed by atoms with Gasteiger partial charge in [-0.15, -0.1) is 13.2 Å². The maximum atomic E-state index is 12.2. The number of hydrogen-bond donors (Lipinski definition) is 2. The zero-order valence-electron chi connectivity index (χ0n) is 10.7. The SMILES string of the molecule is CC(CNS(=O)(=O)c1ccccc1OC(F)(F)F)C(=O)O. The second-order valence-electron chi connectivity index (χ2n) is 4.09. The van der Waals surface area contributed by atoms with Gasteiger partial charge in [0.25, 0.3) is 0 Å². The maximum absolute atomic E-state index is 12.2. The van der Waals surface area contributed by atoms with Gasteiger partial charge >= 0.3 is 12.3 Å². The molecule has 0 aliphatic rings. The standard InChI is InChI=1S/C11H12F3NO5S/c1-7(10(16)17)6-15-21(18,19)9-5-3-2-4-8(9)20-11(12,13)14/h2-5,7,15H,6H2,1H3,(H,16,17). The van der Waals surface area contributed by atoms with Crippen molar-refractivity contribution < 1.29 is 36.2 Å². The molecule has 0 aliphatic carbocycles. The normalized spacial score (nSPS) is 13.7. The van der Waals surface area contributed by atoms with Gasteiger partial charge in [-0.3, -0.25) is 4.79 Å². The maximum Gasteiger partial charge on any atom is 0.573 e. The Morgan fingerprint density at radius 1 is 1.38 bits per heavy atom. The topological polar surface area (TPSA) is 92.7 Å². The molecule has 0 spiro atoms. The Labute approximate surface area is 118 Å². The van der Waals surface area contributed by atoms with Crippen molar-refractivity contribution in [2.75, 3.05) is 6.54 Å². The summed E-state index contributed by atoms with van der Waals surface area (Å²) in [6, 6.07) is 4.18. The summed E-state index contributed by atoms with van der Waals surface area (Å²) in [7, 11) is -4.33. The van der Waals surface area contributed by atoms with Gasteiger partial charge in [-0.05, 0) is 12.1 Å². The number of ether oxygens (including phenoxy) is 1. The second kappa shape index (κ2) is 6.31. The van der Waals surface area contributed by atoms with Crippen LogP contribution in [0.2, 0.25) is 0 Å². The van der Waals surface area contributed by atoms with E-state index in [0.29, 0.717) is 0 Å². The molecule has 6 nitrogen and oxygen atoms in total. The minimum Gasteiger partial charge on any atom is -0.481 e. The van der Waals surface area contributed by atoms with Gasteiger partial charge in [0.05, 0.1) is 5.92 Å². The molecule has 1 atom stereocenters. The van der Waals surface area contributed by atoms with E-state index in [4.69, 9.17) is 5.11 Å². The second-order valence-corrected chi connectivity index (χ2v) is 5.82. The van der Waals surface area contributed by atoms with Crippen molar-refractivity contribution in [3.8, 4) is 5.75 Å². The molecule has 0 radical (unpaired) electrons. The number of carboxylic acid groups (broad SMARTS) is 1. The molecule has 0 bridgehead atoms. The molecule has 0 aliphatic heterocycles. The van der Waals surface area contributed by atoms with Gasteiger partial charge in [0, 0.05) is 6.54 Å². The molecule has 10 heteroatoms. The van der Waals surface area contributed by atoms with Gasteiger partial charge < -0.3 is 9.84 Å². The summed E-state index contributed by atoms with van der Waals surface area (Å²) in [4.78, 5) is 9.88. The number of rotatable bonds is 6. The van der Waals surface area contributed by atoms with Gasteiger partial charge in [0.15, 0.2) is 0 Å². The van der Waals surface area contributed by atoms with Crippen LogP contribution in [0.5, 0.6) is 5.75 Å². The summed E-state index contributed by atoms with van der Waals surface area (Å²) >= 11 is 0. The lowest BCUT2D eigenvalue weighted by molar-refractivity contribution is -0.275. The van der Waals surface area contributed by atoms with E-state index in [1.807, 2.05) is 4.72 Å². The third-order valence-electron chi connectivity index (χ3n) is 2.37. The van der Waals surface area contributed by atoms with Crippen LogP contribution in [0, 0.1) is 5.92 Å². The molecule has 21 heavy (non-hydrogen) atoms. The quantitative estimate of drug-likeness (QED) is 0.827. The lowest BCUT2D eigenvalue weighted by Gasteiger charge is -2.14. The van der Waals surface area contributed by atoms with Gasteiger partial charge in [0.1, 0.15) is 10.6 Å². The summed E-state index contributed by atoms with van der Waals surface area (Å²) < 4.78 is 66.0. The minimum absolute atomic E-state index is 0.460. The van der Waals surface area contributed by atoms with E-state index >= 15 is 0 Å². The number of para-hydroxylation sites is 1. The predicted octanol–water partition coefficient (Wildman–Crippen LogP) is 1.58. The van der Waals surface area contributed by atoms with Crippen molar-refractivity contribution in [1.82, 2.24) is 4.72 Å². The van der Waals surface area contributed by atoms with Crippen LogP contribution in [0.15, 0.2) is 29.2 Å². The van der Waals surface area contributed by atoms with Gasteiger partial charge in [-0.2, -0.15) is 0 Å². The van der Waals surface area contributed by atoms with E-state index in [2.05, 4.69) is 4.74 Å². The fourth-order valence-corrected chi connectivity index (χ4v) is 2.54. The summed E-state index contributed by atoms with van der Waals surface area (Å²) in [6.45, 7) is 0.793. The molecular formula is C11H12F3NO5S. The van der Waals surface area contributed by atoms with Gasteiger partial charge in [-0.1, -0.05) is 19.1 Å². The molecule has 0 heterocycles. The molecule has 0 fully saturated rings. The Morgan fingerprint density at radius 3 is 2.48 bits per heavy atom. The molecule has 0 saturated heterocycles. The van der Waals surface area contributed by atoms with E-state index in [0.717, 1.165) is 12.1 Å². The van der Waals surface area contributed by atoms with E-state index in [-0.39, 0.29) is 0 Å². The van der Waals surface area contributed by atoms with Crippen LogP contribution in [-0.4, -0.2) is 32.4 Å². The zero-order valence-corrected chi connectivity index (χ0v) is 11.5. The molecule has 2 N–H and O–H groups in total. The number of sulfonamides is 1. The van der Waals surface area contributed by atoms with Gasteiger partial charge in [-0.25, -0.2) is 13.1 Å². The van der Waals surface area contributed by atoms with Crippen molar-refractivity contribution in [1.29, 1.82) is 0 Å². The van der Waals surface area contributed by atoms with Crippen molar-refractivity contribution in [3.05, 3.63) is 24.3 Å². The average molecular weight is 327 g/mol. The number of benzene rings is 1. The third-order valence-corrected chi connectivity index (χ3v) is 3.83. The molecule has 0 aromatic heterocycles. The van der Waals surface area contributed by atoms with E-state index < -0.39 is 45.5 Å². The van der Waals surface area contributed by atoms with Crippen LogP contribution in [0.4, 0.5) is 13.2 Å². The number of alkyl halides is 3. The average Bonchev–Trinajstić information content (AvgIpc) is 2.34. The van der Waals surface area contributed by atoms with Crippen LogP contribution >= 0.6 is 0 Å². The van der Waals surface area contributed by atoms with E-state index in [1.165, 1.54) is 19.1 Å². The smallest absolute Gasteiger partial charge is 0.481 e. The highest BCUT2D eigenvalue weighted by Crippen LogP contribution is 2.29. The Morgan fingerprint density at radius 2 is 1.95 bits per heavy atom. The molecule has 1 rings (SSSR count). The van der Waals surface area contributed by atoms with Crippen LogP contribution in [0.25, 0.3) is 0 Å². The molecule has 0 amide bonds. The van der Waals surface area contributed by atoms with Crippen molar-refractivity contribution in [2.45, 2.75) is 18.2 Å². The Kier molecular flexibility index (Phi) is 5.18. The largest absolute Gasteiger partial charge is 0.573 e. The van der Waals surface area contributed by atoms with Crippen molar-refractivity contribution in [2.24, 2.45) is 5.92 Å². The number of aliphatic carboxylic acids is 1. The first-order chi connectivity index (χ1) is 9.53. The number of halogens is 3. The van der Waals surface area contributed by atoms with Crippen LogP contribution in [0.3, 0.4) is 0 Å². The van der Waals surface area contributed by atoms with Crippen molar-refractivity contribution in [3.63, 3.8) is 0 Å². The molecule has 1 unspecified atom stereocenters. The number of carbonyl (C=O) groups is 1. The summed E-state index contributed by atoms with van der Waals surface area (Å²) in [5.41, 5.74) is 0. The fraction of sp³-hybridized carbons (Fsp3) is 0.364. The number of hydrogen-bond acceptors (Lipinski definition) is 4. The Balaban J connectivity index is 3.01. The number of carboxylic acids is 1. The monoisotopic (exact) mass is 327 g/mol. The summed E-state index contributed by atoms with van der Waals surface area (Å²) in [5.74, 6) is -3.16. The van der Waals surface area contributed by atoms with Gasteiger partial charge in [0.2, 0.25) is 10.0 Å². The minimum atomic E-state index is -5.04. The molecule has 1 aromatic carbocycles. The van der Waals surface area contributed by atoms with Crippen LogP contribution in [-0.2, 0) is 14.8 Å². The lowest BCUT2D eigenvalue weighted by Crippen LogP contribution is -2.32. The lowest BCUT2D eigenvalue weighted by atomic mass is 10.2. The molecule has 0 saturated carbocycles. The van der Waals surface area contributed by atoms with Crippen molar-refractivity contribution >= 4 is 16.0 Å². The third kappa shape index (κ3) is 5.23. The highest BCUT2D eigenvalue weighted by molar-refractivity contribution is 7.89. The highest BCUT2D eigenvalue weighted by atomic mass is 32.2. The first kappa shape index (κ1) is 17.2.